The van der Waals surface area contributed by atoms with Crippen LogP contribution in [-0.4, -0.2) is 14.5 Å². The first-order valence-corrected chi connectivity index (χ1v) is 7.03. The summed E-state index contributed by atoms with van der Waals surface area (Å²) in [5.74, 6) is 0. The van der Waals surface area contributed by atoms with Gasteiger partial charge in [-0.15, -0.1) is 0 Å². The van der Waals surface area contributed by atoms with Gasteiger partial charge in [0.05, 0.1) is 0 Å². The van der Waals surface area contributed by atoms with Crippen LogP contribution in [-0.2, 0) is 0 Å². The van der Waals surface area contributed by atoms with Gasteiger partial charge in [-0.1, -0.05) is 18.2 Å². The van der Waals surface area contributed by atoms with Crippen LogP contribution < -0.4 is 11.2 Å². The van der Waals surface area contributed by atoms with Gasteiger partial charge in [-0.05, 0) is 30.3 Å². The second-order valence-corrected chi connectivity index (χ2v) is 5.22. The minimum Gasteiger partial charge on any atom is -0.399 e. The summed E-state index contributed by atoms with van der Waals surface area (Å²) in [6.07, 6.45) is 0. The van der Waals surface area contributed by atoms with Gasteiger partial charge in [0.25, 0.3) is 0 Å². The maximum Gasteiger partial charge on any atom is 0.184 e. The fourth-order valence-electron chi connectivity index (χ4n) is 2.73. The second-order valence-electron chi connectivity index (χ2n) is 5.22. The summed E-state index contributed by atoms with van der Waals surface area (Å²) in [5, 5.41) is 18.6. The SMILES string of the molecule is N#Cc1nc2c3ccccc3[nH]c2n(-c2ccc(N)cc2)c1=N. The molecule has 0 fully saturated rings. The van der Waals surface area contributed by atoms with Crippen molar-refractivity contribution in [3.8, 4) is 11.8 Å². The minimum atomic E-state index is 0.0383. The van der Waals surface area contributed by atoms with Crippen LogP contribution in [0.4, 0.5) is 5.69 Å². The first-order chi connectivity index (χ1) is 11.2. The van der Waals surface area contributed by atoms with Crippen molar-refractivity contribution in [1.82, 2.24) is 14.5 Å². The van der Waals surface area contributed by atoms with Gasteiger partial charge in [0.15, 0.2) is 11.2 Å². The molecule has 6 nitrogen and oxygen atoms in total. The average Bonchev–Trinajstić information content (AvgIpc) is 2.93. The van der Waals surface area contributed by atoms with Crippen LogP contribution in [0.3, 0.4) is 0 Å². The molecule has 0 aliphatic carbocycles. The fourth-order valence-corrected chi connectivity index (χ4v) is 2.73. The summed E-state index contributed by atoms with van der Waals surface area (Å²) in [7, 11) is 0. The van der Waals surface area contributed by atoms with E-state index in [0.29, 0.717) is 16.9 Å². The molecule has 0 saturated carbocycles. The average molecular weight is 300 g/mol. The van der Waals surface area contributed by atoms with E-state index < -0.39 is 0 Å². The number of fused-ring (bicyclic) bond motifs is 3. The molecule has 2 heterocycles. The second kappa shape index (κ2) is 4.71. The Bertz CT molecular complexity index is 1140. The van der Waals surface area contributed by atoms with Crippen molar-refractivity contribution in [3.63, 3.8) is 0 Å². The summed E-state index contributed by atoms with van der Waals surface area (Å²) < 4.78 is 1.68. The number of nitrogens with two attached hydrogens (primary N) is 1. The molecule has 0 spiro atoms. The number of benzene rings is 2. The smallest absolute Gasteiger partial charge is 0.184 e. The molecule has 0 aliphatic rings. The van der Waals surface area contributed by atoms with E-state index in [1.807, 2.05) is 42.5 Å². The number of rotatable bonds is 1. The van der Waals surface area contributed by atoms with Crippen LogP contribution in [0, 0.1) is 16.7 Å². The van der Waals surface area contributed by atoms with E-state index in [2.05, 4.69) is 9.97 Å². The zero-order valence-electron chi connectivity index (χ0n) is 12.0. The van der Waals surface area contributed by atoms with Gasteiger partial charge in [-0.2, -0.15) is 5.26 Å². The Balaban J connectivity index is 2.21. The molecule has 6 heteroatoms. The Hall–Kier alpha value is -3.59. The lowest BCUT2D eigenvalue weighted by molar-refractivity contribution is 0.922. The van der Waals surface area contributed by atoms with Crippen LogP contribution in [0.15, 0.2) is 48.5 Å². The monoisotopic (exact) mass is 300 g/mol. The van der Waals surface area contributed by atoms with Crippen molar-refractivity contribution in [2.75, 3.05) is 5.73 Å². The number of nitrogen functional groups attached to an aromatic ring is 1. The van der Waals surface area contributed by atoms with Gasteiger partial charge in [0, 0.05) is 22.3 Å². The van der Waals surface area contributed by atoms with Gasteiger partial charge < -0.3 is 10.7 Å². The summed E-state index contributed by atoms with van der Waals surface area (Å²) in [5.41, 5.74) is 9.52. The van der Waals surface area contributed by atoms with Crippen molar-refractivity contribution in [1.29, 1.82) is 10.7 Å². The normalized spacial score (nSPS) is 10.9. The number of nitriles is 1. The molecule has 4 aromatic rings. The van der Waals surface area contributed by atoms with Crippen LogP contribution in [0.25, 0.3) is 27.8 Å². The van der Waals surface area contributed by atoms with Crippen LogP contribution in [0.5, 0.6) is 0 Å². The molecule has 4 rings (SSSR count). The molecule has 2 aromatic heterocycles. The lowest BCUT2D eigenvalue weighted by Gasteiger charge is -2.09. The van der Waals surface area contributed by atoms with Crippen molar-refractivity contribution in [2.24, 2.45) is 0 Å². The van der Waals surface area contributed by atoms with E-state index in [9.17, 15) is 5.26 Å². The number of hydrogen-bond donors (Lipinski definition) is 3. The quantitative estimate of drug-likeness (QED) is 0.470. The lowest BCUT2D eigenvalue weighted by Crippen LogP contribution is -2.23. The van der Waals surface area contributed by atoms with Crippen LogP contribution >= 0.6 is 0 Å². The van der Waals surface area contributed by atoms with E-state index in [1.165, 1.54) is 0 Å². The van der Waals surface area contributed by atoms with E-state index >= 15 is 0 Å². The van der Waals surface area contributed by atoms with Crippen molar-refractivity contribution >= 4 is 27.8 Å². The molecule has 0 amide bonds. The predicted octanol–water partition coefficient (Wildman–Crippen LogP) is 2.44. The highest BCUT2D eigenvalue weighted by Crippen LogP contribution is 2.24. The molecule has 0 unspecified atom stereocenters. The Morgan fingerprint density at radius 3 is 2.61 bits per heavy atom. The highest BCUT2D eigenvalue weighted by Gasteiger charge is 2.14. The Kier molecular flexibility index (Phi) is 2.68. The highest BCUT2D eigenvalue weighted by atomic mass is 15.1. The summed E-state index contributed by atoms with van der Waals surface area (Å²) in [6.45, 7) is 0. The number of nitrogens with zero attached hydrogens (tertiary/aromatic N) is 3. The van der Waals surface area contributed by atoms with Gasteiger partial charge in [0.2, 0.25) is 0 Å². The van der Waals surface area contributed by atoms with Crippen molar-refractivity contribution in [3.05, 3.63) is 59.7 Å². The molecule has 0 saturated heterocycles. The number of aromatic nitrogens is 3. The molecule has 0 radical (unpaired) electrons. The van der Waals surface area contributed by atoms with Gasteiger partial charge in [-0.25, -0.2) is 4.98 Å². The fraction of sp³-hybridized carbons (Fsp3) is 0. The van der Waals surface area contributed by atoms with E-state index in [4.69, 9.17) is 11.1 Å². The number of hydrogen-bond acceptors (Lipinski definition) is 4. The maximum absolute atomic E-state index is 9.33. The third kappa shape index (κ3) is 1.88. The molecule has 2 aromatic carbocycles. The number of aromatic amines is 1. The van der Waals surface area contributed by atoms with Gasteiger partial charge in [0.1, 0.15) is 17.2 Å². The summed E-state index contributed by atoms with van der Waals surface area (Å²) in [4.78, 5) is 7.65. The molecule has 0 atom stereocenters. The highest BCUT2D eigenvalue weighted by molar-refractivity contribution is 6.04. The lowest BCUT2D eigenvalue weighted by atomic mass is 10.2. The van der Waals surface area contributed by atoms with E-state index in [1.54, 1.807) is 16.7 Å². The molecule has 23 heavy (non-hydrogen) atoms. The topological polar surface area (TPSA) is 107 Å². The van der Waals surface area contributed by atoms with E-state index in [-0.39, 0.29) is 11.2 Å². The largest absolute Gasteiger partial charge is 0.399 e. The predicted molar refractivity (Wildman–Crippen MR) is 87.9 cm³/mol. The molecular weight excluding hydrogens is 288 g/mol. The molecule has 0 aliphatic heterocycles. The summed E-state index contributed by atoms with van der Waals surface area (Å²) in [6, 6.07) is 16.9. The Morgan fingerprint density at radius 2 is 1.87 bits per heavy atom. The number of nitrogens with one attached hydrogen (secondary N) is 2. The molecule has 0 bridgehead atoms. The van der Waals surface area contributed by atoms with E-state index in [0.717, 1.165) is 16.6 Å². The summed E-state index contributed by atoms with van der Waals surface area (Å²) >= 11 is 0. The van der Waals surface area contributed by atoms with Crippen molar-refractivity contribution < 1.29 is 0 Å². The molecule has 110 valence electrons. The zero-order chi connectivity index (χ0) is 16.0. The third-order valence-electron chi connectivity index (χ3n) is 3.81. The first-order valence-electron chi connectivity index (χ1n) is 7.03. The standard InChI is InChI=1S/C17H12N6/c18-9-14-16(20)23(11-7-5-10(19)6-8-11)17-15(21-14)12-3-1-2-4-13(12)22-17/h1-8,20,22H,19H2. The number of para-hydroxylation sites is 1. The Morgan fingerprint density at radius 1 is 1.13 bits per heavy atom. The van der Waals surface area contributed by atoms with Crippen LogP contribution in [0.2, 0.25) is 0 Å². The van der Waals surface area contributed by atoms with Crippen LogP contribution in [0.1, 0.15) is 5.69 Å². The zero-order valence-corrected chi connectivity index (χ0v) is 12.0. The number of H-pyrrole nitrogens is 1. The van der Waals surface area contributed by atoms with Gasteiger partial charge >= 0.3 is 0 Å². The van der Waals surface area contributed by atoms with Crippen molar-refractivity contribution in [2.45, 2.75) is 0 Å². The minimum absolute atomic E-state index is 0.0383. The molecular formula is C17H12N6. The number of anilines is 1. The molecule has 4 N–H and O–H groups in total. The maximum atomic E-state index is 9.33. The Labute approximate surface area is 130 Å². The first kappa shape index (κ1) is 13.1. The van der Waals surface area contributed by atoms with Gasteiger partial charge in [-0.3, -0.25) is 9.98 Å². The third-order valence-corrected chi connectivity index (χ3v) is 3.81.